The van der Waals surface area contributed by atoms with Gasteiger partial charge in [0.25, 0.3) is 5.91 Å². The number of nitrogens with one attached hydrogen (secondary N) is 1. The summed E-state index contributed by atoms with van der Waals surface area (Å²) in [5.41, 5.74) is 1.81. The van der Waals surface area contributed by atoms with Gasteiger partial charge < -0.3 is 5.32 Å². The number of amides is 2. The molecule has 1 heterocycles. The van der Waals surface area contributed by atoms with Crippen molar-refractivity contribution in [2.24, 2.45) is 0 Å². The van der Waals surface area contributed by atoms with Crippen LogP contribution in [0.5, 0.6) is 0 Å². The van der Waals surface area contributed by atoms with Crippen LogP contribution < -0.4 is 10.2 Å². The van der Waals surface area contributed by atoms with Crippen LogP contribution in [0.2, 0.25) is 0 Å². The molecule has 1 unspecified atom stereocenters. The Morgan fingerprint density at radius 3 is 2.27 bits per heavy atom. The van der Waals surface area contributed by atoms with E-state index in [2.05, 4.69) is 5.32 Å². The first kappa shape index (κ1) is 15.2. The van der Waals surface area contributed by atoms with Gasteiger partial charge in [0, 0.05) is 6.04 Å². The average Bonchev–Trinajstić information content (AvgIpc) is 2.70. The Balaban J connectivity index is 1.69. The Bertz CT molecular complexity index is 545. The second-order valence-electron chi connectivity index (χ2n) is 6.51. The predicted molar refractivity (Wildman–Crippen MR) is 86.7 cm³/mol. The van der Waals surface area contributed by atoms with Gasteiger partial charge >= 0.3 is 0 Å². The molecule has 118 valence electrons. The molecule has 1 aliphatic carbocycles. The van der Waals surface area contributed by atoms with Crippen LogP contribution in [0.4, 0.5) is 5.69 Å². The Labute approximate surface area is 131 Å². The number of carbonyl (C=O) groups is 2. The fourth-order valence-corrected chi connectivity index (χ4v) is 3.46. The standard InChI is InChI=1S/C18H24N2O2/c1-13-8-10-15(11-9-13)20-17(21)12-16(18(20)22)19-14-6-4-2-3-5-7-14/h8-11,14,16,19H,2-7,12H2,1H3. The third-order valence-electron chi connectivity index (χ3n) is 4.73. The SMILES string of the molecule is Cc1ccc(N2C(=O)CC(NC3CCCCCC3)C2=O)cc1. The fraction of sp³-hybridized carbons (Fsp3) is 0.556. The van der Waals surface area contributed by atoms with E-state index in [0.29, 0.717) is 11.7 Å². The van der Waals surface area contributed by atoms with Crippen LogP contribution in [0.3, 0.4) is 0 Å². The third kappa shape index (κ3) is 3.22. The van der Waals surface area contributed by atoms with Crippen molar-refractivity contribution in [2.45, 2.75) is 64.0 Å². The van der Waals surface area contributed by atoms with E-state index in [1.54, 1.807) is 0 Å². The van der Waals surface area contributed by atoms with Gasteiger partial charge in [-0.3, -0.25) is 9.59 Å². The van der Waals surface area contributed by atoms with E-state index in [1.165, 1.54) is 30.6 Å². The minimum Gasteiger partial charge on any atom is -0.303 e. The second kappa shape index (κ2) is 6.61. The zero-order valence-corrected chi connectivity index (χ0v) is 13.2. The molecule has 1 atom stereocenters. The molecule has 2 aliphatic rings. The van der Waals surface area contributed by atoms with Gasteiger partial charge in [0.1, 0.15) is 0 Å². The number of benzene rings is 1. The van der Waals surface area contributed by atoms with Gasteiger partial charge in [-0.25, -0.2) is 4.90 Å². The zero-order valence-electron chi connectivity index (χ0n) is 13.2. The number of anilines is 1. The molecule has 4 heteroatoms. The molecule has 1 saturated heterocycles. The lowest BCUT2D eigenvalue weighted by molar-refractivity contribution is -0.121. The number of rotatable bonds is 3. The van der Waals surface area contributed by atoms with Crippen LogP contribution in [0.1, 0.15) is 50.5 Å². The Kier molecular flexibility index (Phi) is 4.57. The summed E-state index contributed by atoms with van der Waals surface area (Å²) in [7, 11) is 0. The van der Waals surface area contributed by atoms with Gasteiger partial charge in [-0.15, -0.1) is 0 Å². The molecular weight excluding hydrogens is 276 g/mol. The number of hydrogen-bond donors (Lipinski definition) is 1. The van der Waals surface area contributed by atoms with Gasteiger partial charge in [-0.1, -0.05) is 43.4 Å². The van der Waals surface area contributed by atoms with Crippen molar-refractivity contribution in [2.75, 3.05) is 4.90 Å². The molecule has 1 aliphatic heterocycles. The summed E-state index contributed by atoms with van der Waals surface area (Å²) in [5, 5.41) is 3.44. The topological polar surface area (TPSA) is 49.4 Å². The van der Waals surface area contributed by atoms with Crippen LogP contribution in [-0.2, 0) is 9.59 Å². The highest BCUT2D eigenvalue weighted by Crippen LogP contribution is 2.25. The number of aryl methyl sites for hydroxylation is 1. The molecule has 0 spiro atoms. The first-order valence-corrected chi connectivity index (χ1v) is 8.34. The Morgan fingerprint density at radius 2 is 1.64 bits per heavy atom. The fourth-order valence-electron chi connectivity index (χ4n) is 3.46. The lowest BCUT2D eigenvalue weighted by Crippen LogP contribution is -2.43. The van der Waals surface area contributed by atoms with Crippen LogP contribution in [0.25, 0.3) is 0 Å². The molecule has 2 amide bonds. The number of carbonyl (C=O) groups excluding carboxylic acids is 2. The van der Waals surface area contributed by atoms with Gasteiger partial charge in [0.2, 0.25) is 5.91 Å². The number of imide groups is 1. The summed E-state index contributed by atoms with van der Waals surface area (Å²) in [6.07, 6.45) is 7.51. The Hall–Kier alpha value is -1.68. The largest absolute Gasteiger partial charge is 0.303 e. The molecule has 1 saturated carbocycles. The molecule has 0 aromatic heterocycles. The van der Waals surface area contributed by atoms with Crippen molar-refractivity contribution in [3.8, 4) is 0 Å². The molecule has 22 heavy (non-hydrogen) atoms. The van der Waals surface area contributed by atoms with Crippen molar-refractivity contribution in [3.63, 3.8) is 0 Å². The van der Waals surface area contributed by atoms with Crippen LogP contribution in [-0.4, -0.2) is 23.9 Å². The number of nitrogens with zero attached hydrogens (tertiary/aromatic N) is 1. The maximum absolute atomic E-state index is 12.6. The number of hydrogen-bond acceptors (Lipinski definition) is 3. The molecule has 0 radical (unpaired) electrons. The van der Waals surface area contributed by atoms with Gasteiger partial charge in [-0.2, -0.15) is 0 Å². The summed E-state index contributed by atoms with van der Waals surface area (Å²) in [5.74, 6) is -0.196. The van der Waals surface area contributed by atoms with E-state index in [0.717, 1.165) is 18.4 Å². The molecular formula is C18H24N2O2. The lowest BCUT2D eigenvalue weighted by atomic mass is 10.1. The first-order valence-electron chi connectivity index (χ1n) is 8.34. The highest BCUT2D eigenvalue weighted by Gasteiger charge is 2.40. The first-order chi connectivity index (χ1) is 10.6. The quantitative estimate of drug-likeness (QED) is 0.690. The highest BCUT2D eigenvalue weighted by molar-refractivity contribution is 6.22. The molecule has 3 rings (SSSR count). The van der Waals surface area contributed by atoms with Crippen LogP contribution in [0.15, 0.2) is 24.3 Å². The summed E-state index contributed by atoms with van der Waals surface area (Å²) >= 11 is 0. The van der Waals surface area contributed by atoms with E-state index in [9.17, 15) is 9.59 Å². The maximum atomic E-state index is 12.6. The van der Waals surface area contributed by atoms with Gasteiger partial charge in [0.05, 0.1) is 18.2 Å². The van der Waals surface area contributed by atoms with Gasteiger partial charge in [0.15, 0.2) is 0 Å². The monoisotopic (exact) mass is 300 g/mol. The minimum atomic E-state index is -0.350. The lowest BCUT2D eigenvalue weighted by Gasteiger charge is -2.21. The maximum Gasteiger partial charge on any atom is 0.251 e. The summed E-state index contributed by atoms with van der Waals surface area (Å²) in [6, 6.07) is 7.58. The highest BCUT2D eigenvalue weighted by atomic mass is 16.2. The van der Waals surface area contributed by atoms with E-state index < -0.39 is 0 Å². The van der Waals surface area contributed by atoms with E-state index in [4.69, 9.17) is 0 Å². The molecule has 1 aromatic carbocycles. The average molecular weight is 300 g/mol. The van der Waals surface area contributed by atoms with Crippen molar-refractivity contribution in [3.05, 3.63) is 29.8 Å². The molecule has 4 nitrogen and oxygen atoms in total. The van der Waals surface area contributed by atoms with Gasteiger partial charge in [-0.05, 0) is 31.9 Å². The van der Waals surface area contributed by atoms with Crippen molar-refractivity contribution < 1.29 is 9.59 Å². The predicted octanol–water partition coefficient (Wildman–Crippen LogP) is 2.94. The summed E-state index contributed by atoms with van der Waals surface area (Å²) < 4.78 is 0. The van der Waals surface area contributed by atoms with E-state index in [-0.39, 0.29) is 24.3 Å². The normalized spacial score (nSPS) is 23.9. The molecule has 1 aromatic rings. The zero-order chi connectivity index (χ0) is 15.5. The summed E-state index contributed by atoms with van der Waals surface area (Å²) in [6.45, 7) is 1.99. The third-order valence-corrected chi connectivity index (χ3v) is 4.73. The van der Waals surface area contributed by atoms with Crippen molar-refractivity contribution >= 4 is 17.5 Å². The molecule has 2 fully saturated rings. The van der Waals surface area contributed by atoms with Crippen LogP contribution >= 0.6 is 0 Å². The van der Waals surface area contributed by atoms with E-state index in [1.807, 2.05) is 31.2 Å². The molecule has 0 bridgehead atoms. The Morgan fingerprint density at radius 1 is 1.00 bits per heavy atom. The molecule has 1 N–H and O–H groups in total. The van der Waals surface area contributed by atoms with E-state index >= 15 is 0 Å². The van der Waals surface area contributed by atoms with Crippen molar-refractivity contribution in [1.29, 1.82) is 0 Å². The van der Waals surface area contributed by atoms with Crippen molar-refractivity contribution in [1.82, 2.24) is 5.32 Å². The second-order valence-corrected chi connectivity index (χ2v) is 6.51. The smallest absolute Gasteiger partial charge is 0.251 e. The summed E-state index contributed by atoms with van der Waals surface area (Å²) in [4.78, 5) is 26.2. The minimum absolute atomic E-state index is 0.0972. The van der Waals surface area contributed by atoms with Crippen LogP contribution in [0, 0.1) is 6.92 Å².